The molecule has 0 unspecified atom stereocenters. The Hall–Kier alpha value is -4.52. The lowest BCUT2D eigenvalue weighted by Gasteiger charge is -2.14. The Morgan fingerprint density at radius 1 is 0.939 bits per heavy atom. The van der Waals surface area contributed by atoms with Crippen LogP contribution in [0.25, 0.3) is 0 Å². The van der Waals surface area contributed by atoms with Crippen molar-refractivity contribution >= 4 is 39.0 Å². The van der Waals surface area contributed by atoms with Crippen LogP contribution in [0.4, 0.5) is 22.7 Å². The average molecular weight is 471 g/mol. The van der Waals surface area contributed by atoms with Gasteiger partial charge < -0.3 is 4.74 Å². The van der Waals surface area contributed by atoms with E-state index in [9.17, 15) is 28.6 Å². The van der Waals surface area contributed by atoms with Crippen molar-refractivity contribution in [2.75, 3.05) is 17.3 Å². The highest BCUT2D eigenvalue weighted by molar-refractivity contribution is 7.93. The summed E-state index contributed by atoms with van der Waals surface area (Å²) < 4.78 is 33.6. The second-order valence-corrected chi connectivity index (χ2v) is 8.08. The van der Waals surface area contributed by atoms with Crippen molar-refractivity contribution in [2.45, 2.75) is 4.90 Å². The minimum absolute atomic E-state index is 0.0853. The zero-order chi connectivity index (χ0) is 24.0. The molecule has 0 heterocycles. The molecule has 0 amide bonds. The van der Waals surface area contributed by atoms with Crippen LogP contribution in [0.3, 0.4) is 0 Å². The Morgan fingerprint density at radius 2 is 1.64 bits per heavy atom. The molecule has 33 heavy (non-hydrogen) atoms. The number of hydrazone groups is 1. The second kappa shape index (κ2) is 9.74. The molecular weight excluding hydrogens is 454 g/mol. The molecule has 0 aliphatic heterocycles. The van der Waals surface area contributed by atoms with Crippen LogP contribution in [-0.2, 0) is 10.0 Å². The first kappa shape index (κ1) is 23.1. The van der Waals surface area contributed by atoms with Gasteiger partial charge in [-0.05, 0) is 24.3 Å². The molecule has 0 fully saturated rings. The predicted octanol–water partition coefficient (Wildman–Crippen LogP) is 3.76. The number of hydrogen-bond acceptors (Lipinski definition) is 9. The molecular formula is C20H17N5O7S. The highest BCUT2D eigenvalue weighted by Crippen LogP contribution is 2.31. The third-order valence-electron chi connectivity index (χ3n) is 4.34. The van der Waals surface area contributed by atoms with E-state index in [1.807, 2.05) is 0 Å². The van der Waals surface area contributed by atoms with Gasteiger partial charge >= 0.3 is 0 Å². The number of ether oxygens (including phenoxy) is 1. The second-order valence-electron chi connectivity index (χ2n) is 6.43. The summed E-state index contributed by atoms with van der Waals surface area (Å²) in [5, 5.41) is 26.2. The Morgan fingerprint density at radius 3 is 2.33 bits per heavy atom. The lowest BCUT2D eigenvalue weighted by molar-refractivity contribution is -0.385. The number of para-hydroxylation sites is 3. The van der Waals surface area contributed by atoms with Crippen LogP contribution < -0.4 is 14.9 Å². The molecule has 0 spiro atoms. The fourth-order valence-electron chi connectivity index (χ4n) is 2.80. The third kappa shape index (κ3) is 5.40. The van der Waals surface area contributed by atoms with Crippen LogP contribution in [0.5, 0.6) is 5.75 Å². The Labute approximate surface area is 187 Å². The van der Waals surface area contributed by atoms with Crippen molar-refractivity contribution in [3.05, 3.63) is 92.5 Å². The van der Waals surface area contributed by atoms with E-state index in [2.05, 4.69) is 15.2 Å². The van der Waals surface area contributed by atoms with Gasteiger partial charge in [0.05, 0.1) is 40.1 Å². The number of nitro groups is 2. The summed E-state index contributed by atoms with van der Waals surface area (Å²) in [5.41, 5.74) is 2.05. The Kier molecular flexibility index (Phi) is 6.83. The molecule has 0 saturated heterocycles. The first-order valence-electron chi connectivity index (χ1n) is 9.19. The van der Waals surface area contributed by atoms with Gasteiger partial charge in [-0.15, -0.1) is 0 Å². The van der Waals surface area contributed by atoms with Crippen LogP contribution >= 0.6 is 0 Å². The quantitative estimate of drug-likeness (QED) is 0.270. The molecule has 0 atom stereocenters. The molecule has 3 aromatic carbocycles. The summed E-state index contributed by atoms with van der Waals surface area (Å²) in [6.07, 6.45) is 1.14. The van der Waals surface area contributed by atoms with Crippen molar-refractivity contribution in [2.24, 2.45) is 5.10 Å². The molecule has 0 aliphatic carbocycles. The third-order valence-corrected chi connectivity index (χ3v) is 5.74. The highest BCUT2D eigenvalue weighted by Gasteiger charge is 2.24. The maximum Gasteiger partial charge on any atom is 0.278 e. The maximum atomic E-state index is 13.1. The van der Waals surface area contributed by atoms with Crippen LogP contribution in [0.2, 0.25) is 0 Å². The molecule has 0 saturated carbocycles. The molecule has 0 bridgehead atoms. The number of nitrogens with one attached hydrogen (secondary N) is 2. The minimum atomic E-state index is -4.33. The standard InChI is InChI=1S/C20H17N5O7S/c1-32-19-9-5-3-7-16(19)23-33(30,31)20-12-15(24(26)27)10-11-17(20)22-21-13-14-6-2-4-8-18(14)25(28)29/h2-13,22-23H,1H3/b21-13+. The summed E-state index contributed by atoms with van der Waals surface area (Å²) in [6.45, 7) is 0. The van der Waals surface area contributed by atoms with Gasteiger partial charge in [0, 0.05) is 18.2 Å². The number of nitrogens with zero attached hydrogens (tertiary/aromatic N) is 3. The van der Waals surface area contributed by atoms with E-state index in [1.54, 1.807) is 24.3 Å². The smallest absolute Gasteiger partial charge is 0.278 e. The molecule has 3 rings (SSSR count). The van der Waals surface area contributed by atoms with Crippen molar-refractivity contribution in [1.82, 2.24) is 0 Å². The summed E-state index contributed by atoms with van der Waals surface area (Å²) in [7, 11) is -2.96. The van der Waals surface area contributed by atoms with E-state index in [0.29, 0.717) is 0 Å². The van der Waals surface area contributed by atoms with E-state index >= 15 is 0 Å². The van der Waals surface area contributed by atoms with E-state index in [-0.39, 0.29) is 28.4 Å². The van der Waals surface area contributed by atoms with Crippen LogP contribution in [0, 0.1) is 20.2 Å². The van der Waals surface area contributed by atoms with Gasteiger partial charge in [0.15, 0.2) is 0 Å². The predicted molar refractivity (Wildman–Crippen MR) is 121 cm³/mol. The normalized spacial score (nSPS) is 11.2. The van der Waals surface area contributed by atoms with Gasteiger partial charge in [-0.1, -0.05) is 24.3 Å². The number of anilines is 2. The van der Waals surface area contributed by atoms with Gasteiger partial charge in [0.25, 0.3) is 21.4 Å². The van der Waals surface area contributed by atoms with Gasteiger partial charge in [-0.3, -0.25) is 30.4 Å². The summed E-state index contributed by atoms with van der Waals surface area (Å²) in [6, 6.07) is 15.2. The number of methoxy groups -OCH3 is 1. The Bertz CT molecular complexity index is 1340. The largest absolute Gasteiger partial charge is 0.495 e. The summed E-state index contributed by atoms with van der Waals surface area (Å²) >= 11 is 0. The number of non-ortho nitro benzene ring substituents is 1. The maximum absolute atomic E-state index is 13.1. The lowest BCUT2D eigenvalue weighted by atomic mass is 10.2. The molecule has 13 heteroatoms. The summed E-state index contributed by atoms with van der Waals surface area (Å²) in [4.78, 5) is 20.6. The fraction of sp³-hybridized carbons (Fsp3) is 0.0500. The first-order valence-corrected chi connectivity index (χ1v) is 10.7. The van der Waals surface area contributed by atoms with E-state index < -0.39 is 30.5 Å². The Balaban J connectivity index is 1.98. The minimum Gasteiger partial charge on any atom is -0.495 e. The fourth-order valence-corrected chi connectivity index (χ4v) is 4.05. The van der Waals surface area contributed by atoms with Gasteiger partial charge in [0.2, 0.25) is 0 Å². The first-order chi connectivity index (χ1) is 15.7. The van der Waals surface area contributed by atoms with Crippen molar-refractivity contribution < 1.29 is 23.0 Å². The monoisotopic (exact) mass is 471 g/mol. The molecule has 0 aromatic heterocycles. The number of nitro benzene ring substituents is 2. The highest BCUT2D eigenvalue weighted by atomic mass is 32.2. The van der Waals surface area contributed by atoms with Gasteiger partial charge in [0.1, 0.15) is 10.6 Å². The van der Waals surface area contributed by atoms with Crippen LogP contribution in [0.15, 0.2) is 76.7 Å². The van der Waals surface area contributed by atoms with Gasteiger partial charge in [-0.25, -0.2) is 8.42 Å². The van der Waals surface area contributed by atoms with Crippen molar-refractivity contribution in [3.63, 3.8) is 0 Å². The van der Waals surface area contributed by atoms with E-state index in [4.69, 9.17) is 4.74 Å². The topological polar surface area (TPSA) is 166 Å². The van der Waals surface area contributed by atoms with Crippen LogP contribution in [-0.4, -0.2) is 31.6 Å². The summed E-state index contributed by atoms with van der Waals surface area (Å²) in [5.74, 6) is 0.246. The van der Waals surface area contributed by atoms with E-state index in [0.717, 1.165) is 18.3 Å². The van der Waals surface area contributed by atoms with Crippen molar-refractivity contribution in [1.29, 1.82) is 0 Å². The molecule has 3 aromatic rings. The molecule has 0 aliphatic rings. The molecule has 12 nitrogen and oxygen atoms in total. The molecule has 0 radical (unpaired) electrons. The van der Waals surface area contributed by atoms with E-state index in [1.165, 1.54) is 37.4 Å². The molecule has 2 N–H and O–H groups in total. The van der Waals surface area contributed by atoms with Crippen LogP contribution in [0.1, 0.15) is 5.56 Å². The molecule has 170 valence electrons. The SMILES string of the molecule is COc1ccccc1NS(=O)(=O)c1cc([N+](=O)[O-])ccc1N/N=C/c1ccccc1[N+](=O)[O-]. The van der Waals surface area contributed by atoms with Gasteiger partial charge in [-0.2, -0.15) is 5.10 Å². The zero-order valence-corrected chi connectivity index (χ0v) is 17.9. The number of hydrogen-bond donors (Lipinski definition) is 2. The average Bonchev–Trinajstić information content (AvgIpc) is 2.79. The van der Waals surface area contributed by atoms with Crippen molar-refractivity contribution in [3.8, 4) is 5.75 Å². The lowest BCUT2D eigenvalue weighted by Crippen LogP contribution is -2.15. The zero-order valence-electron chi connectivity index (χ0n) is 17.0. The number of benzene rings is 3. The number of sulfonamides is 1. The number of rotatable bonds is 9.